The van der Waals surface area contributed by atoms with Crippen molar-refractivity contribution in [1.29, 1.82) is 5.26 Å². The molecule has 2 atom stereocenters. The van der Waals surface area contributed by atoms with E-state index in [1.54, 1.807) is 24.3 Å². The molecule has 1 aromatic heterocycles. The van der Waals surface area contributed by atoms with E-state index in [1.807, 2.05) is 11.0 Å². The average Bonchev–Trinajstić information content (AvgIpc) is 2.72. The SMILES string of the molecule is N#CC1C(=O)Nc2nc(N3CCC(C(N)=O)CC3)[nH]c(=O)c2C1c1cccc(Cl)c1. The number of hydrogen-bond donors (Lipinski definition) is 3. The molecule has 0 aliphatic carbocycles. The molecule has 2 aliphatic rings. The van der Waals surface area contributed by atoms with Crippen LogP contribution in [0.2, 0.25) is 5.02 Å². The molecule has 4 rings (SSSR count). The van der Waals surface area contributed by atoms with Gasteiger partial charge in [0.1, 0.15) is 11.7 Å². The minimum atomic E-state index is -1.09. The molecular weight excluding hydrogens is 408 g/mol. The summed E-state index contributed by atoms with van der Waals surface area (Å²) in [6.45, 7) is 1.00. The molecule has 0 spiro atoms. The first-order valence-electron chi connectivity index (χ1n) is 9.53. The molecule has 0 bridgehead atoms. The first-order valence-corrected chi connectivity index (χ1v) is 9.91. The van der Waals surface area contributed by atoms with Gasteiger partial charge in [-0.2, -0.15) is 10.2 Å². The van der Waals surface area contributed by atoms with Gasteiger partial charge in [-0.1, -0.05) is 23.7 Å². The quantitative estimate of drug-likeness (QED) is 0.675. The van der Waals surface area contributed by atoms with Crippen LogP contribution in [0.3, 0.4) is 0 Å². The highest BCUT2D eigenvalue weighted by Gasteiger charge is 2.40. The van der Waals surface area contributed by atoms with E-state index in [9.17, 15) is 19.6 Å². The maximum absolute atomic E-state index is 13.0. The van der Waals surface area contributed by atoms with Crippen LogP contribution in [0.5, 0.6) is 0 Å². The molecule has 3 heterocycles. The third-order valence-corrected chi connectivity index (χ3v) is 5.89. The number of H-pyrrole nitrogens is 1. The van der Waals surface area contributed by atoms with Crippen molar-refractivity contribution in [2.75, 3.05) is 23.3 Å². The molecule has 0 saturated carbocycles. The molecule has 2 amide bonds. The number of hydrogen-bond acceptors (Lipinski definition) is 6. The van der Waals surface area contributed by atoms with Crippen LogP contribution < -0.4 is 21.5 Å². The summed E-state index contributed by atoms with van der Waals surface area (Å²) < 4.78 is 0. The normalized spacial score (nSPS) is 21.5. The molecule has 0 radical (unpaired) electrons. The van der Waals surface area contributed by atoms with Crippen LogP contribution in [-0.2, 0) is 9.59 Å². The van der Waals surface area contributed by atoms with Crippen LogP contribution in [0.1, 0.15) is 29.9 Å². The minimum absolute atomic E-state index is 0.132. The molecule has 1 fully saturated rings. The van der Waals surface area contributed by atoms with Crippen molar-refractivity contribution in [3.05, 3.63) is 50.8 Å². The van der Waals surface area contributed by atoms with E-state index in [1.165, 1.54) is 0 Å². The number of aromatic amines is 1. The second kappa shape index (κ2) is 7.80. The number of carbonyl (C=O) groups is 2. The molecule has 9 nitrogen and oxygen atoms in total. The van der Waals surface area contributed by atoms with Crippen LogP contribution in [0.25, 0.3) is 0 Å². The summed E-state index contributed by atoms with van der Waals surface area (Å²) in [5, 5.41) is 12.6. The van der Waals surface area contributed by atoms with Gasteiger partial charge in [0.25, 0.3) is 5.56 Å². The fourth-order valence-electron chi connectivity index (χ4n) is 4.08. The van der Waals surface area contributed by atoms with Gasteiger partial charge in [0.2, 0.25) is 17.8 Å². The summed E-state index contributed by atoms with van der Waals surface area (Å²) in [4.78, 5) is 46.1. The number of fused-ring (bicyclic) bond motifs is 1. The number of amides is 2. The molecular formula is C20H19ClN6O3. The zero-order valence-electron chi connectivity index (χ0n) is 15.9. The Hall–Kier alpha value is -3.38. The molecule has 2 aromatic rings. The lowest BCUT2D eigenvalue weighted by Gasteiger charge is -2.33. The van der Waals surface area contributed by atoms with Crippen LogP contribution in [0.4, 0.5) is 11.8 Å². The smallest absolute Gasteiger partial charge is 0.258 e. The highest BCUT2D eigenvalue weighted by molar-refractivity contribution is 6.30. The Kier molecular flexibility index (Phi) is 5.18. The first-order chi connectivity index (χ1) is 14.4. The standard InChI is InChI=1S/C20H19ClN6O3/c21-12-3-1-2-11(8-12)14-13(9-22)18(29)24-17-15(14)19(30)26-20(25-17)27-6-4-10(5-7-27)16(23)28/h1-3,8,10,13-14H,4-7H2,(H2,23,28)(H2,24,25,26,29,30). The maximum Gasteiger partial charge on any atom is 0.258 e. The second-order valence-electron chi connectivity index (χ2n) is 7.44. The Bertz CT molecular complexity index is 1120. The molecule has 154 valence electrons. The lowest BCUT2D eigenvalue weighted by Crippen LogP contribution is -2.42. The number of aromatic nitrogens is 2. The largest absolute Gasteiger partial charge is 0.369 e. The van der Waals surface area contributed by atoms with Crippen molar-refractivity contribution in [2.45, 2.75) is 18.8 Å². The fraction of sp³-hybridized carbons (Fsp3) is 0.350. The van der Waals surface area contributed by atoms with Crippen molar-refractivity contribution in [1.82, 2.24) is 9.97 Å². The van der Waals surface area contributed by atoms with E-state index in [-0.39, 0.29) is 23.2 Å². The Labute approximate surface area is 176 Å². The van der Waals surface area contributed by atoms with Crippen molar-refractivity contribution in [2.24, 2.45) is 17.6 Å². The highest BCUT2D eigenvalue weighted by atomic mass is 35.5. The van der Waals surface area contributed by atoms with Gasteiger partial charge in [-0.15, -0.1) is 0 Å². The number of nitrogens with one attached hydrogen (secondary N) is 2. The maximum atomic E-state index is 13.0. The van der Waals surface area contributed by atoms with Gasteiger partial charge in [0.15, 0.2) is 0 Å². The number of primary amides is 1. The van der Waals surface area contributed by atoms with Crippen LogP contribution in [0.15, 0.2) is 29.1 Å². The van der Waals surface area contributed by atoms with Gasteiger partial charge in [-0.05, 0) is 30.5 Å². The van der Waals surface area contributed by atoms with Gasteiger partial charge in [0, 0.05) is 29.9 Å². The van der Waals surface area contributed by atoms with Gasteiger partial charge in [-0.3, -0.25) is 19.4 Å². The molecule has 2 aliphatic heterocycles. The molecule has 1 aromatic carbocycles. The number of anilines is 2. The van der Waals surface area contributed by atoms with Gasteiger partial charge in [0.05, 0.1) is 11.6 Å². The molecule has 4 N–H and O–H groups in total. The van der Waals surface area contributed by atoms with Crippen molar-refractivity contribution < 1.29 is 9.59 Å². The summed E-state index contributed by atoms with van der Waals surface area (Å²) >= 11 is 6.09. The number of benzene rings is 1. The zero-order chi connectivity index (χ0) is 21.4. The van der Waals surface area contributed by atoms with E-state index in [4.69, 9.17) is 17.3 Å². The molecule has 10 heteroatoms. The first kappa shape index (κ1) is 19.9. The number of rotatable bonds is 3. The third kappa shape index (κ3) is 3.50. The average molecular weight is 427 g/mol. The second-order valence-corrected chi connectivity index (χ2v) is 7.88. The Balaban J connectivity index is 1.75. The number of carbonyl (C=O) groups excluding carboxylic acids is 2. The number of piperidine rings is 1. The summed E-state index contributed by atoms with van der Waals surface area (Å²) in [6.07, 6.45) is 1.12. The van der Waals surface area contributed by atoms with E-state index < -0.39 is 23.3 Å². The molecule has 2 unspecified atom stereocenters. The monoisotopic (exact) mass is 426 g/mol. The number of nitrogens with two attached hydrogens (primary N) is 1. The Morgan fingerprint density at radius 3 is 2.67 bits per heavy atom. The molecule has 30 heavy (non-hydrogen) atoms. The number of nitrogens with zero attached hydrogens (tertiary/aromatic N) is 3. The summed E-state index contributed by atoms with van der Waals surface area (Å²) in [6, 6.07) is 8.74. The van der Waals surface area contributed by atoms with Crippen molar-refractivity contribution in [3.63, 3.8) is 0 Å². The fourth-order valence-corrected chi connectivity index (χ4v) is 4.28. The summed E-state index contributed by atoms with van der Waals surface area (Å²) in [5.41, 5.74) is 5.75. The Morgan fingerprint density at radius 2 is 2.03 bits per heavy atom. The number of halogens is 1. The van der Waals surface area contributed by atoms with Crippen LogP contribution >= 0.6 is 11.6 Å². The predicted molar refractivity (Wildman–Crippen MR) is 110 cm³/mol. The lowest BCUT2D eigenvalue weighted by atomic mass is 9.79. The van der Waals surface area contributed by atoms with Crippen molar-refractivity contribution >= 4 is 35.2 Å². The lowest BCUT2D eigenvalue weighted by molar-refractivity contribution is -0.122. The minimum Gasteiger partial charge on any atom is -0.369 e. The third-order valence-electron chi connectivity index (χ3n) is 5.65. The van der Waals surface area contributed by atoms with Gasteiger partial charge in [-0.25, -0.2) is 0 Å². The summed E-state index contributed by atoms with van der Waals surface area (Å²) in [5.74, 6) is -2.49. The van der Waals surface area contributed by atoms with E-state index in [2.05, 4.69) is 15.3 Å². The van der Waals surface area contributed by atoms with Gasteiger partial charge >= 0.3 is 0 Å². The highest BCUT2D eigenvalue weighted by Crippen LogP contribution is 2.39. The number of nitriles is 1. The zero-order valence-corrected chi connectivity index (χ0v) is 16.6. The topological polar surface area (TPSA) is 145 Å². The van der Waals surface area contributed by atoms with Crippen molar-refractivity contribution in [3.8, 4) is 6.07 Å². The van der Waals surface area contributed by atoms with Gasteiger partial charge < -0.3 is 16.0 Å². The van der Waals surface area contributed by atoms with Crippen LogP contribution in [-0.4, -0.2) is 34.9 Å². The molecule has 1 saturated heterocycles. The summed E-state index contributed by atoms with van der Waals surface area (Å²) in [7, 11) is 0. The van der Waals surface area contributed by atoms with Crippen LogP contribution in [0, 0.1) is 23.2 Å². The Morgan fingerprint density at radius 1 is 1.30 bits per heavy atom. The predicted octanol–water partition coefficient (Wildman–Crippen LogP) is 1.35. The van der Waals surface area contributed by atoms with E-state index in [0.29, 0.717) is 42.5 Å². The van der Waals surface area contributed by atoms with E-state index >= 15 is 0 Å². The van der Waals surface area contributed by atoms with E-state index in [0.717, 1.165) is 0 Å².